The van der Waals surface area contributed by atoms with E-state index in [0.29, 0.717) is 18.7 Å². The molecule has 18 heavy (non-hydrogen) atoms. The van der Waals surface area contributed by atoms with E-state index in [1.165, 1.54) is 0 Å². The number of hydrogen-bond donors (Lipinski definition) is 1. The zero-order valence-electron chi connectivity index (χ0n) is 10.7. The summed E-state index contributed by atoms with van der Waals surface area (Å²) in [5.74, 6) is -0.244. The van der Waals surface area contributed by atoms with Gasteiger partial charge in [0.15, 0.2) is 0 Å². The Bertz CT molecular complexity index is 440. The molecule has 0 radical (unpaired) electrons. The van der Waals surface area contributed by atoms with Crippen molar-refractivity contribution in [3.8, 4) is 5.88 Å². The van der Waals surface area contributed by atoms with Crippen LogP contribution in [0.1, 0.15) is 18.4 Å². The second kappa shape index (κ2) is 5.25. The molecule has 5 heteroatoms. The van der Waals surface area contributed by atoms with Crippen molar-refractivity contribution in [1.29, 1.82) is 0 Å². The fraction of sp³-hybridized carbons (Fsp3) is 0.538. The number of anilines is 1. The number of ether oxygens (including phenoxy) is 1. The Kier molecular flexibility index (Phi) is 3.69. The summed E-state index contributed by atoms with van der Waals surface area (Å²) < 4.78 is 5.13. The fourth-order valence-corrected chi connectivity index (χ4v) is 2.32. The lowest BCUT2D eigenvalue weighted by Gasteiger charge is -2.31. The quantitative estimate of drug-likeness (QED) is 0.884. The number of aliphatic carboxylic acids is 1. The van der Waals surface area contributed by atoms with Crippen LogP contribution in [0.4, 0.5) is 5.69 Å². The van der Waals surface area contributed by atoms with Crippen LogP contribution in [0.2, 0.25) is 0 Å². The van der Waals surface area contributed by atoms with E-state index in [-0.39, 0.29) is 5.92 Å². The van der Waals surface area contributed by atoms with E-state index >= 15 is 0 Å². The van der Waals surface area contributed by atoms with Crippen LogP contribution in [0, 0.1) is 12.8 Å². The SMILES string of the molecule is COc1ncc(N2CCC(C(=O)O)CC2)cc1C. The molecule has 98 valence electrons. The van der Waals surface area contributed by atoms with Gasteiger partial charge in [-0.3, -0.25) is 4.79 Å². The summed E-state index contributed by atoms with van der Waals surface area (Å²) >= 11 is 0. The molecule has 2 heterocycles. The van der Waals surface area contributed by atoms with Gasteiger partial charge in [-0.05, 0) is 25.8 Å². The summed E-state index contributed by atoms with van der Waals surface area (Å²) in [4.78, 5) is 17.3. The van der Waals surface area contributed by atoms with Crippen molar-refractivity contribution < 1.29 is 14.6 Å². The van der Waals surface area contributed by atoms with Crippen LogP contribution in [0.3, 0.4) is 0 Å². The van der Waals surface area contributed by atoms with Gasteiger partial charge in [-0.15, -0.1) is 0 Å². The lowest BCUT2D eigenvalue weighted by Crippen LogP contribution is -2.36. The first-order valence-corrected chi connectivity index (χ1v) is 6.10. The second-order valence-electron chi connectivity index (χ2n) is 4.62. The molecule has 1 aliphatic heterocycles. The van der Waals surface area contributed by atoms with E-state index in [1.54, 1.807) is 13.3 Å². The predicted octanol–water partition coefficient (Wildman–Crippen LogP) is 1.70. The largest absolute Gasteiger partial charge is 0.481 e. The predicted molar refractivity (Wildman–Crippen MR) is 68.1 cm³/mol. The van der Waals surface area contributed by atoms with Crippen molar-refractivity contribution in [1.82, 2.24) is 4.98 Å². The highest BCUT2D eigenvalue weighted by Crippen LogP contribution is 2.26. The van der Waals surface area contributed by atoms with Crippen LogP contribution in [0.15, 0.2) is 12.3 Å². The lowest BCUT2D eigenvalue weighted by atomic mass is 9.97. The number of hydrogen-bond acceptors (Lipinski definition) is 4. The van der Waals surface area contributed by atoms with Crippen LogP contribution >= 0.6 is 0 Å². The maximum absolute atomic E-state index is 10.9. The molecule has 1 aromatic rings. The van der Waals surface area contributed by atoms with Gasteiger partial charge < -0.3 is 14.7 Å². The zero-order chi connectivity index (χ0) is 13.1. The molecule has 1 aromatic heterocycles. The van der Waals surface area contributed by atoms with Crippen molar-refractivity contribution in [2.24, 2.45) is 5.92 Å². The van der Waals surface area contributed by atoms with E-state index in [9.17, 15) is 4.79 Å². The number of carboxylic acids is 1. The van der Waals surface area contributed by atoms with Crippen molar-refractivity contribution in [2.45, 2.75) is 19.8 Å². The Morgan fingerprint density at radius 3 is 2.67 bits per heavy atom. The highest BCUT2D eigenvalue weighted by molar-refractivity contribution is 5.70. The Morgan fingerprint density at radius 1 is 1.50 bits per heavy atom. The molecular weight excluding hydrogens is 232 g/mol. The topological polar surface area (TPSA) is 62.7 Å². The number of carboxylic acid groups (broad SMARTS) is 1. The fourth-order valence-electron chi connectivity index (χ4n) is 2.32. The summed E-state index contributed by atoms with van der Waals surface area (Å²) in [6.07, 6.45) is 3.17. The molecule has 0 atom stereocenters. The Hall–Kier alpha value is -1.78. The van der Waals surface area contributed by atoms with Crippen molar-refractivity contribution in [3.05, 3.63) is 17.8 Å². The third-order valence-electron chi connectivity index (χ3n) is 3.42. The number of rotatable bonds is 3. The molecule has 0 amide bonds. The minimum Gasteiger partial charge on any atom is -0.481 e. The molecule has 0 saturated carbocycles. The maximum atomic E-state index is 10.9. The molecule has 0 unspecified atom stereocenters. The number of nitrogens with zero attached hydrogens (tertiary/aromatic N) is 2. The number of methoxy groups -OCH3 is 1. The van der Waals surface area contributed by atoms with Crippen LogP contribution in [0.25, 0.3) is 0 Å². The van der Waals surface area contributed by atoms with Gasteiger partial charge in [0.1, 0.15) is 0 Å². The van der Waals surface area contributed by atoms with Crippen LogP contribution in [-0.4, -0.2) is 36.3 Å². The molecule has 1 aliphatic rings. The zero-order valence-corrected chi connectivity index (χ0v) is 10.7. The standard InChI is InChI=1S/C13H18N2O3/c1-9-7-11(8-14-12(9)18-2)15-5-3-10(4-6-15)13(16)17/h7-8,10H,3-6H2,1-2H3,(H,16,17). The van der Waals surface area contributed by atoms with Gasteiger partial charge in [0.2, 0.25) is 5.88 Å². The first-order valence-electron chi connectivity index (χ1n) is 6.10. The summed E-state index contributed by atoms with van der Waals surface area (Å²) in [7, 11) is 1.60. The first kappa shape index (κ1) is 12.7. The van der Waals surface area contributed by atoms with Gasteiger partial charge in [0.25, 0.3) is 0 Å². The van der Waals surface area contributed by atoms with Gasteiger partial charge in [0, 0.05) is 18.7 Å². The van der Waals surface area contributed by atoms with Gasteiger partial charge >= 0.3 is 5.97 Å². The van der Waals surface area contributed by atoms with Gasteiger partial charge in [0.05, 0.1) is 24.9 Å². The maximum Gasteiger partial charge on any atom is 0.306 e. The van der Waals surface area contributed by atoms with Crippen LogP contribution < -0.4 is 9.64 Å². The lowest BCUT2D eigenvalue weighted by molar-refractivity contribution is -0.142. The molecule has 1 N–H and O–H groups in total. The molecule has 2 rings (SSSR count). The molecular formula is C13H18N2O3. The number of piperidine rings is 1. The van der Waals surface area contributed by atoms with E-state index in [4.69, 9.17) is 9.84 Å². The Balaban J connectivity index is 2.05. The molecule has 1 saturated heterocycles. The summed E-state index contributed by atoms with van der Waals surface area (Å²) in [5.41, 5.74) is 2.03. The highest BCUT2D eigenvalue weighted by Gasteiger charge is 2.24. The molecule has 0 bridgehead atoms. The normalized spacial score (nSPS) is 16.7. The highest BCUT2D eigenvalue weighted by atomic mass is 16.5. The van der Waals surface area contributed by atoms with Crippen molar-refractivity contribution in [3.63, 3.8) is 0 Å². The van der Waals surface area contributed by atoms with E-state index in [2.05, 4.69) is 9.88 Å². The number of aromatic nitrogens is 1. The minimum absolute atomic E-state index is 0.200. The Morgan fingerprint density at radius 2 is 2.17 bits per heavy atom. The van der Waals surface area contributed by atoms with Gasteiger partial charge in [-0.1, -0.05) is 0 Å². The van der Waals surface area contributed by atoms with Gasteiger partial charge in [-0.2, -0.15) is 0 Å². The number of pyridine rings is 1. The molecule has 0 aliphatic carbocycles. The number of carbonyl (C=O) groups is 1. The van der Waals surface area contributed by atoms with Crippen LogP contribution in [0.5, 0.6) is 5.88 Å². The van der Waals surface area contributed by atoms with Crippen molar-refractivity contribution >= 4 is 11.7 Å². The Labute approximate surface area is 106 Å². The monoisotopic (exact) mass is 250 g/mol. The molecule has 0 spiro atoms. The summed E-state index contributed by atoms with van der Waals surface area (Å²) in [6.45, 7) is 3.49. The van der Waals surface area contributed by atoms with E-state index < -0.39 is 5.97 Å². The smallest absolute Gasteiger partial charge is 0.306 e. The first-order chi connectivity index (χ1) is 8.61. The average molecular weight is 250 g/mol. The third-order valence-corrected chi connectivity index (χ3v) is 3.42. The minimum atomic E-state index is -0.682. The summed E-state index contributed by atoms with van der Waals surface area (Å²) in [5, 5.41) is 8.96. The van der Waals surface area contributed by atoms with Crippen LogP contribution in [-0.2, 0) is 4.79 Å². The third kappa shape index (κ3) is 2.55. The molecule has 1 fully saturated rings. The van der Waals surface area contributed by atoms with Crippen molar-refractivity contribution in [2.75, 3.05) is 25.1 Å². The summed E-state index contributed by atoms with van der Waals surface area (Å²) in [6, 6.07) is 2.03. The average Bonchev–Trinajstić information content (AvgIpc) is 2.38. The van der Waals surface area contributed by atoms with E-state index in [1.807, 2.05) is 13.0 Å². The molecule has 5 nitrogen and oxygen atoms in total. The molecule has 0 aromatic carbocycles. The number of aryl methyl sites for hydroxylation is 1. The van der Waals surface area contributed by atoms with E-state index in [0.717, 1.165) is 24.3 Å². The second-order valence-corrected chi connectivity index (χ2v) is 4.62. The van der Waals surface area contributed by atoms with Gasteiger partial charge in [-0.25, -0.2) is 4.98 Å².